The van der Waals surface area contributed by atoms with E-state index in [4.69, 9.17) is 27.9 Å². The van der Waals surface area contributed by atoms with Gasteiger partial charge in [0.25, 0.3) is 5.91 Å². The summed E-state index contributed by atoms with van der Waals surface area (Å²) in [6.07, 6.45) is -1.32. The van der Waals surface area contributed by atoms with Gasteiger partial charge in [-0.25, -0.2) is 14.2 Å². The monoisotopic (exact) mass is 518 g/mol. The smallest absolute Gasteiger partial charge is 0.337 e. The van der Waals surface area contributed by atoms with Gasteiger partial charge in [0.15, 0.2) is 6.10 Å². The van der Waals surface area contributed by atoms with Crippen molar-refractivity contribution in [3.63, 3.8) is 0 Å². The molecule has 0 saturated carbocycles. The summed E-state index contributed by atoms with van der Waals surface area (Å²) in [6, 6.07) is 10.6. The molecule has 0 aliphatic heterocycles. The van der Waals surface area contributed by atoms with Crippen LogP contribution in [0.4, 0.5) is 10.2 Å². The fourth-order valence-corrected chi connectivity index (χ4v) is 3.89. The minimum Gasteiger partial charge on any atom is -0.479 e. The molecule has 1 atom stereocenters. The van der Waals surface area contributed by atoms with Crippen molar-refractivity contribution in [3.8, 4) is 11.1 Å². The Morgan fingerprint density at radius 2 is 1.71 bits per heavy atom. The second kappa shape index (κ2) is 10.3. The molecule has 2 aromatic carbocycles. The Bertz CT molecular complexity index is 1290. The Kier molecular flexibility index (Phi) is 7.84. The van der Waals surface area contributed by atoms with E-state index in [0.717, 1.165) is 6.07 Å². The number of carbonyl (C=O) groups is 2. The Morgan fingerprint density at radius 1 is 1.09 bits per heavy atom. The number of nitrogens with one attached hydrogen (secondary N) is 1. The van der Waals surface area contributed by atoms with Crippen LogP contribution in [0, 0.1) is 19.7 Å². The number of hydrogen-bond donors (Lipinski definition) is 2. The molecule has 0 aliphatic carbocycles. The number of halogens is 3. The van der Waals surface area contributed by atoms with Gasteiger partial charge in [-0.05, 0) is 76.1 Å². The van der Waals surface area contributed by atoms with Crippen molar-refractivity contribution in [2.45, 2.75) is 46.3 Å². The van der Waals surface area contributed by atoms with Crippen molar-refractivity contribution in [1.82, 2.24) is 4.98 Å². The minimum absolute atomic E-state index is 0.0577. The SMILES string of the molecule is Cc1nc(NC(=O)c2ccc(Cl)c(F)c2)c(C)c(-c2ccc(Cl)cc2)c1[C@H](OC(C)(C)C)C(=O)O. The maximum atomic E-state index is 13.9. The number of aromatic nitrogens is 1. The first-order valence-electron chi connectivity index (χ1n) is 10.7. The Morgan fingerprint density at radius 3 is 2.26 bits per heavy atom. The van der Waals surface area contributed by atoms with E-state index >= 15 is 0 Å². The van der Waals surface area contributed by atoms with Crippen LogP contribution in [-0.2, 0) is 9.53 Å². The average molecular weight is 519 g/mol. The molecular formula is C26H25Cl2FN2O4. The molecule has 0 fully saturated rings. The molecule has 0 saturated heterocycles. The molecule has 0 spiro atoms. The maximum absolute atomic E-state index is 13.9. The van der Waals surface area contributed by atoms with Crippen LogP contribution in [0.5, 0.6) is 0 Å². The van der Waals surface area contributed by atoms with E-state index in [1.165, 1.54) is 12.1 Å². The van der Waals surface area contributed by atoms with Crippen molar-refractivity contribution >= 4 is 40.9 Å². The van der Waals surface area contributed by atoms with E-state index in [1.807, 2.05) is 0 Å². The second-order valence-corrected chi connectivity index (χ2v) is 9.84. The predicted molar refractivity (Wildman–Crippen MR) is 135 cm³/mol. The van der Waals surface area contributed by atoms with Crippen molar-refractivity contribution in [2.75, 3.05) is 5.32 Å². The highest BCUT2D eigenvalue weighted by molar-refractivity contribution is 6.31. The minimum atomic E-state index is -1.32. The van der Waals surface area contributed by atoms with Gasteiger partial charge in [-0.3, -0.25) is 4.79 Å². The molecule has 0 bridgehead atoms. The molecular weight excluding hydrogens is 494 g/mol. The number of nitrogens with zero attached hydrogens (tertiary/aromatic N) is 1. The average Bonchev–Trinajstić information content (AvgIpc) is 2.76. The number of benzene rings is 2. The molecule has 1 amide bonds. The molecule has 3 rings (SSSR count). The van der Waals surface area contributed by atoms with Gasteiger partial charge in [-0.2, -0.15) is 0 Å². The first kappa shape index (κ1) is 26.6. The summed E-state index contributed by atoms with van der Waals surface area (Å²) in [5.41, 5.74) is 1.75. The molecule has 35 heavy (non-hydrogen) atoms. The third kappa shape index (κ3) is 6.17. The van der Waals surface area contributed by atoms with Crippen LogP contribution in [-0.4, -0.2) is 27.6 Å². The van der Waals surface area contributed by atoms with Crippen molar-refractivity contribution in [2.24, 2.45) is 0 Å². The predicted octanol–water partition coefficient (Wildman–Crippen LogP) is 7.00. The molecule has 1 aromatic heterocycles. The van der Waals surface area contributed by atoms with Crippen LogP contribution in [0.25, 0.3) is 11.1 Å². The van der Waals surface area contributed by atoms with E-state index in [0.29, 0.717) is 33.0 Å². The molecule has 0 radical (unpaired) electrons. The van der Waals surface area contributed by atoms with Gasteiger partial charge in [0.05, 0.1) is 10.6 Å². The van der Waals surface area contributed by atoms with Crippen molar-refractivity contribution in [3.05, 3.63) is 80.7 Å². The molecule has 3 aromatic rings. The number of hydrogen-bond acceptors (Lipinski definition) is 4. The normalized spacial score (nSPS) is 12.3. The molecule has 0 unspecified atom stereocenters. The molecule has 184 valence electrons. The van der Waals surface area contributed by atoms with Crippen LogP contribution in [0.3, 0.4) is 0 Å². The van der Waals surface area contributed by atoms with E-state index in [2.05, 4.69) is 10.3 Å². The number of amides is 1. The largest absolute Gasteiger partial charge is 0.479 e. The highest BCUT2D eigenvalue weighted by atomic mass is 35.5. The summed E-state index contributed by atoms with van der Waals surface area (Å²) >= 11 is 11.8. The number of aliphatic carboxylic acids is 1. The van der Waals surface area contributed by atoms with Crippen molar-refractivity contribution in [1.29, 1.82) is 0 Å². The number of ether oxygens (including phenoxy) is 1. The zero-order valence-electron chi connectivity index (χ0n) is 19.9. The lowest BCUT2D eigenvalue weighted by Gasteiger charge is -2.28. The summed E-state index contributed by atoms with van der Waals surface area (Å²) in [4.78, 5) is 29.6. The third-order valence-corrected chi connectivity index (χ3v) is 5.73. The van der Waals surface area contributed by atoms with Gasteiger partial charge in [-0.1, -0.05) is 35.3 Å². The zero-order valence-corrected chi connectivity index (χ0v) is 21.4. The molecule has 6 nitrogen and oxygen atoms in total. The number of pyridine rings is 1. The Balaban J connectivity index is 2.19. The highest BCUT2D eigenvalue weighted by Crippen LogP contribution is 2.39. The van der Waals surface area contributed by atoms with Crippen LogP contribution >= 0.6 is 23.2 Å². The van der Waals surface area contributed by atoms with Gasteiger partial charge < -0.3 is 15.2 Å². The molecule has 0 aliphatic rings. The Labute approximate surface area is 213 Å². The lowest BCUT2D eigenvalue weighted by molar-refractivity contribution is -0.160. The fourth-order valence-electron chi connectivity index (χ4n) is 3.65. The lowest BCUT2D eigenvalue weighted by atomic mass is 9.91. The molecule has 1 heterocycles. The zero-order chi connectivity index (χ0) is 26.1. The fraction of sp³-hybridized carbons (Fsp3) is 0.269. The summed E-state index contributed by atoms with van der Waals surface area (Å²) in [5.74, 6) is -2.28. The summed E-state index contributed by atoms with van der Waals surface area (Å²) in [5, 5.41) is 13.2. The van der Waals surface area contributed by atoms with Gasteiger partial charge >= 0.3 is 5.97 Å². The summed E-state index contributed by atoms with van der Waals surface area (Å²) in [6.45, 7) is 8.66. The highest BCUT2D eigenvalue weighted by Gasteiger charge is 2.33. The quantitative estimate of drug-likeness (QED) is 0.366. The van der Waals surface area contributed by atoms with E-state index in [1.54, 1.807) is 58.9 Å². The Hall–Kier alpha value is -3.00. The van der Waals surface area contributed by atoms with Gasteiger partial charge in [0, 0.05) is 27.4 Å². The number of carboxylic acids is 1. The van der Waals surface area contributed by atoms with Gasteiger partial charge in [0.2, 0.25) is 0 Å². The van der Waals surface area contributed by atoms with E-state index in [9.17, 15) is 19.1 Å². The number of rotatable bonds is 6. The molecule has 9 heteroatoms. The maximum Gasteiger partial charge on any atom is 0.337 e. The van der Waals surface area contributed by atoms with Crippen LogP contribution in [0.1, 0.15) is 54.1 Å². The first-order valence-corrected chi connectivity index (χ1v) is 11.5. The number of carbonyl (C=O) groups excluding carboxylic acids is 1. The van der Waals surface area contributed by atoms with E-state index in [-0.39, 0.29) is 16.4 Å². The topological polar surface area (TPSA) is 88.5 Å². The number of aryl methyl sites for hydroxylation is 1. The lowest BCUT2D eigenvalue weighted by Crippen LogP contribution is -2.29. The summed E-state index contributed by atoms with van der Waals surface area (Å²) < 4.78 is 19.8. The van der Waals surface area contributed by atoms with Crippen LogP contribution in [0.15, 0.2) is 42.5 Å². The van der Waals surface area contributed by atoms with Gasteiger partial charge in [0.1, 0.15) is 11.6 Å². The number of anilines is 1. The second-order valence-electron chi connectivity index (χ2n) is 9.00. The van der Waals surface area contributed by atoms with E-state index < -0.39 is 29.4 Å². The summed E-state index contributed by atoms with van der Waals surface area (Å²) in [7, 11) is 0. The number of carboxylic acid groups (broad SMARTS) is 1. The van der Waals surface area contributed by atoms with Crippen LogP contribution in [0.2, 0.25) is 10.0 Å². The third-order valence-electron chi connectivity index (χ3n) is 5.17. The molecule has 2 N–H and O–H groups in total. The first-order chi connectivity index (χ1) is 16.3. The standard InChI is InChI=1S/C26H25Cl2FN2O4/c1-13-20(15-6-9-17(27)10-7-15)21(22(25(33)34)35-26(3,4)5)14(2)30-23(13)31-24(32)16-8-11-18(28)19(29)12-16/h6-12,22H,1-5H3,(H,33,34)(H,30,31,32)/t22-/m0/s1. The van der Waals surface area contributed by atoms with Crippen LogP contribution < -0.4 is 5.32 Å². The van der Waals surface area contributed by atoms with Gasteiger partial charge in [-0.15, -0.1) is 0 Å². The van der Waals surface area contributed by atoms with Crippen molar-refractivity contribution < 1.29 is 23.8 Å².